The van der Waals surface area contributed by atoms with E-state index in [2.05, 4.69) is 90.9 Å². The topological polar surface area (TPSA) is 0 Å². The van der Waals surface area contributed by atoms with Gasteiger partial charge in [0.2, 0.25) is 0 Å². The molecule has 0 heterocycles. The summed E-state index contributed by atoms with van der Waals surface area (Å²) in [6, 6.07) is 26.6. The van der Waals surface area contributed by atoms with Gasteiger partial charge in [-0.2, -0.15) is 12.1 Å². The van der Waals surface area contributed by atoms with Crippen LogP contribution < -0.4 is 0 Å². The van der Waals surface area contributed by atoms with Crippen molar-refractivity contribution < 1.29 is 18.9 Å². The number of aryl methyl sites for hydroxylation is 2. The normalized spacial score (nSPS) is 10.5. The maximum absolute atomic E-state index is 5.13. The second-order valence-electron chi connectivity index (χ2n) is 8.95. The van der Waals surface area contributed by atoms with Crippen LogP contribution in [0.5, 0.6) is 0 Å². The van der Waals surface area contributed by atoms with Crippen molar-refractivity contribution in [2.24, 2.45) is 0 Å². The number of hydrogen-bond donors (Lipinski definition) is 0. The van der Waals surface area contributed by atoms with Crippen molar-refractivity contribution in [3.05, 3.63) is 83.9 Å². The van der Waals surface area contributed by atoms with Crippen LogP contribution >= 0.6 is 17.0 Å². The molecule has 0 nitrogen and oxygen atoms in total. The van der Waals surface area contributed by atoms with Gasteiger partial charge in [0.25, 0.3) is 0 Å². The van der Waals surface area contributed by atoms with Gasteiger partial charge in [-0.15, -0.1) is 81.2 Å². The van der Waals surface area contributed by atoms with Crippen LogP contribution in [0.2, 0.25) is 0 Å². The van der Waals surface area contributed by atoms with Crippen molar-refractivity contribution in [3.8, 4) is 0 Å². The zero-order chi connectivity index (χ0) is 24.6. The predicted molar refractivity (Wildman–Crippen MR) is 154 cm³/mol. The van der Waals surface area contributed by atoms with E-state index in [1.54, 1.807) is 0 Å². The second kappa shape index (κ2) is 17.4. The van der Waals surface area contributed by atoms with Gasteiger partial charge < -0.3 is 0 Å². The fourth-order valence-corrected chi connectivity index (χ4v) is 4.23. The van der Waals surface area contributed by atoms with Gasteiger partial charge in [-0.1, -0.05) is 77.3 Å². The van der Waals surface area contributed by atoms with Gasteiger partial charge in [-0.3, -0.25) is 0 Å². The molecule has 0 aliphatic rings. The fourth-order valence-electron chi connectivity index (χ4n) is 4.23. The molecule has 0 saturated carbocycles. The Labute approximate surface area is 222 Å². The van der Waals surface area contributed by atoms with E-state index >= 15 is 0 Å². The summed E-state index contributed by atoms with van der Waals surface area (Å²) in [5.41, 5.74) is 3.01. The molecule has 0 bridgehead atoms. The quantitative estimate of drug-likeness (QED) is 0.131. The monoisotopic (exact) mass is 572 g/mol. The molecule has 0 radical (unpaired) electrons. The molecule has 34 heavy (non-hydrogen) atoms. The summed E-state index contributed by atoms with van der Waals surface area (Å²) in [4.78, 5) is 0. The van der Waals surface area contributed by atoms with E-state index in [4.69, 9.17) is 17.0 Å². The molecule has 0 saturated heterocycles. The molecule has 0 aliphatic carbocycles. The van der Waals surface area contributed by atoms with E-state index in [0.29, 0.717) is 0 Å². The van der Waals surface area contributed by atoms with Crippen LogP contribution in [0, 0.1) is 0 Å². The number of hydrogen-bond acceptors (Lipinski definition) is 0. The van der Waals surface area contributed by atoms with Crippen LogP contribution in [-0.2, 0) is 31.7 Å². The zero-order valence-corrected chi connectivity index (χ0v) is 24.9. The second-order valence-corrected chi connectivity index (χ2v) is 17.2. The Morgan fingerprint density at radius 1 is 0.647 bits per heavy atom. The molecule has 0 unspecified atom stereocenters. The molecule has 0 amide bonds. The molecule has 4 aromatic carbocycles. The molecule has 0 atom stereocenters. The first-order valence-corrected chi connectivity index (χ1v) is 20.9. The van der Waals surface area contributed by atoms with Crippen molar-refractivity contribution in [1.29, 1.82) is 0 Å². The summed E-state index contributed by atoms with van der Waals surface area (Å²) < 4.78 is 3.37. The van der Waals surface area contributed by atoms with Gasteiger partial charge >= 0.3 is 40.1 Å². The SMILES string of the molecule is CCCCCCc1cc2ccccc2[cH-]1.CCCCCCc1cc2ccccc2[cH-]1.[CH2]=[Zr]([Cl])[Cl]. The molecule has 0 aromatic heterocycles. The zero-order valence-electron chi connectivity index (χ0n) is 21.0. The molecule has 4 aromatic rings. The molecule has 0 spiro atoms. The minimum atomic E-state index is -1.85. The molecule has 0 N–H and O–H groups in total. The van der Waals surface area contributed by atoms with Crippen molar-refractivity contribution in [3.63, 3.8) is 0 Å². The summed E-state index contributed by atoms with van der Waals surface area (Å²) >= 11 is -1.85. The Morgan fingerprint density at radius 2 is 1.03 bits per heavy atom. The molecule has 3 heteroatoms. The van der Waals surface area contributed by atoms with E-state index < -0.39 is 18.9 Å². The van der Waals surface area contributed by atoms with E-state index in [1.807, 2.05) is 0 Å². The Balaban J connectivity index is 0.000000208. The molecule has 0 aliphatic heterocycles. The third-order valence-corrected chi connectivity index (χ3v) is 5.99. The van der Waals surface area contributed by atoms with Crippen LogP contribution in [0.3, 0.4) is 0 Å². The molecule has 184 valence electrons. The summed E-state index contributed by atoms with van der Waals surface area (Å²) in [5, 5.41) is 5.57. The van der Waals surface area contributed by atoms with Crippen LogP contribution in [0.1, 0.15) is 76.3 Å². The summed E-state index contributed by atoms with van der Waals surface area (Å²) in [5.74, 6) is 0. The van der Waals surface area contributed by atoms with E-state index in [1.165, 1.54) is 96.9 Å². The first-order chi connectivity index (χ1) is 16.5. The number of benzene rings is 2. The maximum atomic E-state index is 5.13. The van der Waals surface area contributed by atoms with Crippen molar-refractivity contribution in [1.82, 2.24) is 0 Å². The Hall–Kier alpha value is -1.01. The van der Waals surface area contributed by atoms with Gasteiger partial charge in [-0.25, -0.2) is 0 Å². The Morgan fingerprint density at radius 3 is 1.38 bits per heavy atom. The van der Waals surface area contributed by atoms with E-state index in [-0.39, 0.29) is 0 Å². The standard InChI is InChI=1S/2C15H19.CH2.2ClH.Zr/c2*1-2-3-4-5-8-13-11-14-9-6-7-10-15(14)12-13;;;;/h2*6-7,9-12H,2-5,8H2,1H3;1H2;2*1H;/q2*-1;;;;+2/p-2. The van der Waals surface area contributed by atoms with Crippen LogP contribution in [0.25, 0.3) is 21.5 Å². The number of unbranched alkanes of at least 4 members (excludes halogenated alkanes) is 6. The Bertz CT molecular complexity index is 937. The average molecular weight is 575 g/mol. The molecular formula is C31H40Cl2Zr-2. The van der Waals surface area contributed by atoms with Crippen molar-refractivity contribution >= 4 is 42.8 Å². The van der Waals surface area contributed by atoms with Gasteiger partial charge in [0.1, 0.15) is 0 Å². The summed E-state index contributed by atoms with van der Waals surface area (Å²) in [6.45, 7) is 4.52. The van der Waals surface area contributed by atoms with E-state index in [9.17, 15) is 0 Å². The number of halogens is 2. The van der Waals surface area contributed by atoms with Crippen LogP contribution in [0.4, 0.5) is 0 Å². The third kappa shape index (κ3) is 11.6. The van der Waals surface area contributed by atoms with Gasteiger partial charge in [0.05, 0.1) is 0 Å². The minimum absolute atomic E-state index is 1.24. The molecular weight excluding hydrogens is 534 g/mol. The van der Waals surface area contributed by atoms with Gasteiger partial charge in [0.15, 0.2) is 0 Å². The van der Waals surface area contributed by atoms with Gasteiger partial charge in [-0.05, 0) is 12.8 Å². The third-order valence-electron chi connectivity index (χ3n) is 5.99. The number of fused-ring (bicyclic) bond motifs is 2. The predicted octanol–water partition coefficient (Wildman–Crippen LogP) is 10.7. The number of rotatable bonds is 10. The van der Waals surface area contributed by atoms with E-state index in [0.717, 1.165) is 0 Å². The molecule has 4 rings (SSSR count). The summed E-state index contributed by atoms with van der Waals surface area (Å²) in [6.07, 6.45) is 13.3. The fraction of sp³-hybridized carbons (Fsp3) is 0.387. The van der Waals surface area contributed by atoms with Gasteiger partial charge in [0, 0.05) is 0 Å². The van der Waals surface area contributed by atoms with Crippen molar-refractivity contribution in [2.45, 2.75) is 78.1 Å². The summed E-state index contributed by atoms with van der Waals surface area (Å²) in [7, 11) is 10.3. The first-order valence-electron chi connectivity index (χ1n) is 12.8. The Kier molecular flexibility index (Phi) is 15.0. The first kappa shape index (κ1) is 29.2. The van der Waals surface area contributed by atoms with Crippen molar-refractivity contribution in [2.75, 3.05) is 0 Å². The molecule has 0 fully saturated rings. The average Bonchev–Trinajstić information content (AvgIpc) is 3.43. The van der Waals surface area contributed by atoms with Crippen LogP contribution in [-0.4, -0.2) is 4.21 Å². The van der Waals surface area contributed by atoms with Crippen LogP contribution in [0.15, 0.2) is 72.8 Å².